The standard InChI is InChI=1S/C32H36N4O4/c1-5-39-28-11-7-10-25-26-20-32(4,40-29(25)28)36(31(38)33-26)24-9-6-8-23(19-24)30(37)35-16-14-34(15-17-35)27-18-21(2)12-13-22(27)3/h6-13,18-19,26H,5,14-17,20H2,1-4H3,(H,33,38). The summed E-state index contributed by atoms with van der Waals surface area (Å²) in [6, 6.07) is 19.2. The summed E-state index contributed by atoms with van der Waals surface area (Å²) in [4.78, 5) is 32.9. The minimum absolute atomic E-state index is 0.0311. The fourth-order valence-electron chi connectivity index (χ4n) is 6.19. The first kappa shape index (κ1) is 26.0. The normalized spacial score (nSPS) is 21.9. The fraction of sp³-hybridized carbons (Fsp3) is 0.375. The molecule has 8 nitrogen and oxygen atoms in total. The Balaban J connectivity index is 1.22. The summed E-state index contributed by atoms with van der Waals surface area (Å²) in [6.07, 6.45) is 0.569. The van der Waals surface area contributed by atoms with Gasteiger partial charge in [-0.15, -0.1) is 0 Å². The number of para-hydroxylation sites is 1. The first-order valence-corrected chi connectivity index (χ1v) is 14.0. The molecule has 2 bridgehead atoms. The maximum absolute atomic E-state index is 13.6. The van der Waals surface area contributed by atoms with Crippen LogP contribution in [0.5, 0.6) is 11.5 Å². The van der Waals surface area contributed by atoms with Crippen LogP contribution in [-0.4, -0.2) is 55.3 Å². The smallest absolute Gasteiger partial charge is 0.325 e. The molecule has 3 aromatic carbocycles. The van der Waals surface area contributed by atoms with E-state index in [2.05, 4.69) is 42.3 Å². The van der Waals surface area contributed by atoms with E-state index in [-0.39, 0.29) is 18.0 Å². The van der Waals surface area contributed by atoms with Gasteiger partial charge in [0.25, 0.3) is 5.91 Å². The highest BCUT2D eigenvalue weighted by Gasteiger charge is 2.50. The number of nitrogens with zero attached hydrogens (tertiary/aromatic N) is 3. The van der Waals surface area contributed by atoms with Crippen molar-refractivity contribution in [3.63, 3.8) is 0 Å². The molecule has 40 heavy (non-hydrogen) atoms. The molecular weight excluding hydrogens is 504 g/mol. The molecule has 0 aromatic heterocycles. The molecule has 3 amide bonds. The second-order valence-corrected chi connectivity index (χ2v) is 11.0. The van der Waals surface area contributed by atoms with Gasteiger partial charge in [0.15, 0.2) is 17.2 Å². The molecule has 0 spiro atoms. The highest BCUT2D eigenvalue weighted by Crippen LogP contribution is 2.49. The van der Waals surface area contributed by atoms with Crippen molar-refractivity contribution in [1.29, 1.82) is 0 Å². The highest BCUT2D eigenvalue weighted by atomic mass is 16.5. The monoisotopic (exact) mass is 540 g/mol. The Morgan fingerprint density at radius 2 is 1.82 bits per heavy atom. The zero-order chi connectivity index (χ0) is 28.0. The Hall–Kier alpha value is -4.20. The quantitative estimate of drug-likeness (QED) is 0.467. The molecule has 2 saturated heterocycles. The van der Waals surface area contributed by atoms with E-state index in [1.165, 1.54) is 16.8 Å². The lowest BCUT2D eigenvalue weighted by molar-refractivity contribution is 0.0343. The van der Waals surface area contributed by atoms with Crippen LogP contribution in [0.15, 0.2) is 60.7 Å². The number of hydrogen-bond donors (Lipinski definition) is 1. The molecule has 208 valence electrons. The van der Waals surface area contributed by atoms with Crippen LogP contribution in [0.4, 0.5) is 16.2 Å². The first-order valence-electron chi connectivity index (χ1n) is 14.0. The van der Waals surface area contributed by atoms with Gasteiger partial charge in [-0.05, 0) is 69.2 Å². The summed E-state index contributed by atoms with van der Waals surface area (Å²) in [7, 11) is 0. The van der Waals surface area contributed by atoms with E-state index in [1.807, 2.05) is 55.1 Å². The summed E-state index contributed by atoms with van der Waals surface area (Å²) in [5.74, 6) is 1.29. The van der Waals surface area contributed by atoms with Gasteiger partial charge in [-0.3, -0.25) is 9.69 Å². The molecule has 8 heteroatoms. The van der Waals surface area contributed by atoms with E-state index < -0.39 is 5.72 Å². The largest absolute Gasteiger partial charge is 0.490 e. The van der Waals surface area contributed by atoms with Gasteiger partial charge in [-0.1, -0.05) is 30.3 Å². The van der Waals surface area contributed by atoms with Gasteiger partial charge >= 0.3 is 6.03 Å². The van der Waals surface area contributed by atoms with Crippen molar-refractivity contribution < 1.29 is 19.1 Å². The van der Waals surface area contributed by atoms with Crippen LogP contribution in [0.3, 0.4) is 0 Å². The van der Waals surface area contributed by atoms with Crippen LogP contribution in [-0.2, 0) is 0 Å². The molecule has 0 aliphatic carbocycles. The van der Waals surface area contributed by atoms with Gasteiger partial charge in [0.1, 0.15) is 0 Å². The molecule has 1 N–H and O–H groups in total. The van der Waals surface area contributed by atoms with Crippen molar-refractivity contribution in [1.82, 2.24) is 10.2 Å². The van der Waals surface area contributed by atoms with Crippen molar-refractivity contribution >= 4 is 23.3 Å². The zero-order valence-electron chi connectivity index (χ0n) is 23.6. The van der Waals surface area contributed by atoms with Crippen molar-refractivity contribution in [3.05, 3.63) is 82.9 Å². The van der Waals surface area contributed by atoms with Crippen molar-refractivity contribution in [2.75, 3.05) is 42.6 Å². The minimum atomic E-state index is -0.938. The number of urea groups is 1. The number of benzene rings is 3. The van der Waals surface area contributed by atoms with Crippen LogP contribution < -0.4 is 24.6 Å². The van der Waals surface area contributed by atoms with E-state index >= 15 is 0 Å². The highest BCUT2D eigenvalue weighted by molar-refractivity contribution is 5.99. The van der Waals surface area contributed by atoms with E-state index in [1.54, 1.807) is 11.0 Å². The summed E-state index contributed by atoms with van der Waals surface area (Å²) in [6.45, 7) is 11.4. The van der Waals surface area contributed by atoms with Gasteiger partial charge < -0.3 is 24.6 Å². The Morgan fingerprint density at radius 3 is 2.60 bits per heavy atom. The lowest BCUT2D eigenvalue weighted by Gasteiger charge is -2.50. The lowest BCUT2D eigenvalue weighted by atomic mass is 9.89. The molecule has 2 unspecified atom stereocenters. The average molecular weight is 541 g/mol. The number of hydrogen-bond acceptors (Lipinski definition) is 5. The van der Waals surface area contributed by atoms with Gasteiger partial charge in [0.2, 0.25) is 0 Å². The number of carbonyl (C=O) groups excluding carboxylic acids is 2. The number of carbonyl (C=O) groups is 2. The van der Waals surface area contributed by atoms with E-state index in [0.717, 1.165) is 18.7 Å². The predicted octanol–water partition coefficient (Wildman–Crippen LogP) is 5.43. The minimum Gasteiger partial charge on any atom is -0.490 e. The molecule has 0 radical (unpaired) electrons. The number of aryl methyl sites for hydroxylation is 2. The molecule has 2 fully saturated rings. The van der Waals surface area contributed by atoms with Gasteiger partial charge in [0, 0.05) is 49.4 Å². The predicted molar refractivity (Wildman–Crippen MR) is 155 cm³/mol. The van der Waals surface area contributed by atoms with Crippen LogP contribution in [0, 0.1) is 13.8 Å². The maximum Gasteiger partial charge on any atom is 0.325 e. The Labute approximate surface area is 235 Å². The van der Waals surface area contributed by atoms with Crippen molar-refractivity contribution in [2.24, 2.45) is 0 Å². The number of rotatable bonds is 5. The molecule has 0 saturated carbocycles. The summed E-state index contributed by atoms with van der Waals surface area (Å²) in [5.41, 5.74) is 4.87. The first-order chi connectivity index (χ1) is 19.3. The second kappa shape index (κ2) is 10.1. The zero-order valence-corrected chi connectivity index (χ0v) is 23.6. The number of anilines is 2. The Bertz CT molecular complexity index is 1470. The van der Waals surface area contributed by atoms with Crippen LogP contribution in [0.1, 0.15) is 53.4 Å². The van der Waals surface area contributed by atoms with Crippen LogP contribution in [0.2, 0.25) is 0 Å². The summed E-state index contributed by atoms with van der Waals surface area (Å²) >= 11 is 0. The number of amides is 3. The number of ether oxygens (including phenoxy) is 2. The van der Waals surface area contributed by atoms with E-state index in [4.69, 9.17) is 9.47 Å². The SMILES string of the molecule is CCOc1cccc2c1OC1(C)CC2NC(=O)N1c1cccc(C(=O)N2CCN(c3cc(C)ccc3C)CC2)c1. The third-order valence-corrected chi connectivity index (χ3v) is 8.19. The third-order valence-electron chi connectivity index (χ3n) is 8.19. The van der Waals surface area contributed by atoms with Gasteiger partial charge in [-0.2, -0.15) is 0 Å². The molecular formula is C32H36N4O4. The van der Waals surface area contributed by atoms with Crippen LogP contribution >= 0.6 is 0 Å². The molecule has 3 aromatic rings. The average Bonchev–Trinajstić information content (AvgIpc) is 2.94. The molecule has 6 rings (SSSR count). The summed E-state index contributed by atoms with van der Waals surface area (Å²) in [5, 5.41) is 3.14. The van der Waals surface area contributed by atoms with Crippen molar-refractivity contribution in [2.45, 2.75) is 45.9 Å². The molecule has 3 heterocycles. The number of piperazine rings is 1. The van der Waals surface area contributed by atoms with E-state index in [0.29, 0.717) is 48.9 Å². The second-order valence-electron chi connectivity index (χ2n) is 11.0. The fourth-order valence-corrected chi connectivity index (χ4v) is 6.19. The Kier molecular flexibility index (Phi) is 6.56. The maximum atomic E-state index is 13.6. The van der Waals surface area contributed by atoms with Crippen molar-refractivity contribution in [3.8, 4) is 11.5 Å². The van der Waals surface area contributed by atoms with Gasteiger partial charge in [0.05, 0.1) is 18.3 Å². The Morgan fingerprint density at radius 1 is 1.05 bits per heavy atom. The summed E-state index contributed by atoms with van der Waals surface area (Å²) < 4.78 is 12.4. The topological polar surface area (TPSA) is 74.3 Å². The number of nitrogens with one attached hydrogen (secondary N) is 1. The van der Waals surface area contributed by atoms with Crippen LogP contribution in [0.25, 0.3) is 0 Å². The number of fused-ring (bicyclic) bond motifs is 4. The third kappa shape index (κ3) is 4.51. The van der Waals surface area contributed by atoms with Gasteiger partial charge in [-0.25, -0.2) is 4.79 Å². The molecule has 2 atom stereocenters. The van der Waals surface area contributed by atoms with E-state index in [9.17, 15) is 9.59 Å². The molecule has 3 aliphatic rings. The molecule has 3 aliphatic heterocycles. The lowest BCUT2D eigenvalue weighted by Crippen LogP contribution is -2.65.